The van der Waals surface area contributed by atoms with Gasteiger partial charge in [-0.25, -0.2) is 13.1 Å². The number of hydrogen-bond donors (Lipinski definition) is 3. The Kier molecular flexibility index (Phi) is 10.4. The van der Waals surface area contributed by atoms with Crippen LogP contribution in [-0.4, -0.2) is 71.4 Å². The Bertz CT molecular complexity index is 308. The van der Waals surface area contributed by atoms with Crippen molar-refractivity contribution in [3.63, 3.8) is 0 Å². The molecular weight excluding hydrogens is 272 g/mol. The Balaban J connectivity index is 3.32. The van der Waals surface area contributed by atoms with Crippen molar-refractivity contribution in [2.75, 3.05) is 45.7 Å². The quantitative estimate of drug-likeness (QED) is 0.397. The number of ether oxygens (including phenoxy) is 2. The molecule has 0 saturated carbocycles. The van der Waals surface area contributed by atoms with Gasteiger partial charge in [-0.05, 0) is 13.8 Å². The minimum atomic E-state index is -3.14. The lowest BCUT2D eigenvalue weighted by molar-refractivity contribution is -0.00987. The van der Waals surface area contributed by atoms with Gasteiger partial charge in [0.1, 0.15) is 0 Å². The van der Waals surface area contributed by atoms with E-state index in [1.54, 1.807) is 0 Å². The van der Waals surface area contributed by atoms with Gasteiger partial charge in [-0.2, -0.15) is 0 Å². The summed E-state index contributed by atoms with van der Waals surface area (Å²) in [6.45, 7) is 6.20. The summed E-state index contributed by atoms with van der Waals surface area (Å²) in [7, 11) is -3.14. The number of hydrogen-bond acceptors (Lipinski definition) is 6. The lowest BCUT2D eigenvalue weighted by Gasteiger charge is -2.13. The van der Waals surface area contributed by atoms with Gasteiger partial charge < -0.3 is 19.9 Å². The van der Waals surface area contributed by atoms with Gasteiger partial charge in [-0.1, -0.05) is 0 Å². The van der Waals surface area contributed by atoms with Crippen molar-refractivity contribution >= 4 is 10.0 Å². The van der Waals surface area contributed by atoms with Crippen molar-refractivity contribution in [3.8, 4) is 0 Å². The van der Waals surface area contributed by atoms with Crippen molar-refractivity contribution in [2.45, 2.75) is 26.1 Å². The molecule has 0 aliphatic rings. The highest BCUT2D eigenvalue weighted by molar-refractivity contribution is 7.88. The van der Waals surface area contributed by atoms with Gasteiger partial charge in [0.05, 0.1) is 38.3 Å². The van der Waals surface area contributed by atoms with Crippen molar-refractivity contribution in [2.24, 2.45) is 0 Å². The molecular formula is C11H26N2O5S. The van der Waals surface area contributed by atoms with Crippen LogP contribution in [0.15, 0.2) is 0 Å². The molecule has 116 valence electrons. The summed E-state index contributed by atoms with van der Waals surface area (Å²) < 4.78 is 34.4. The molecule has 1 unspecified atom stereocenters. The summed E-state index contributed by atoms with van der Waals surface area (Å²) in [4.78, 5) is 0. The monoisotopic (exact) mass is 298 g/mol. The van der Waals surface area contributed by atoms with Crippen LogP contribution in [0.2, 0.25) is 0 Å². The first-order valence-corrected chi connectivity index (χ1v) is 8.23. The van der Waals surface area contributed by atoms with Crippen LogP contribution in [0.1, 0.15) is 13.8 Å². The van der Waals surface area contributed by atoms with E-state index in [9.17, 15) is 13.5 Å². The molecule has 0 aromatic rings. The van der Waals surface area contributed by atoms with Gasteiger partial charge in [-0.3, -0.25) is 0 Å². The highest BCUT2D eigenvalue weighted by Gasteiger charge is 2.04. The molecule has 0 radical (unpaired) electrons. The van der Waals surface area contributed by atoms with E-state index in [0.29, 0.717) is 32.8 Å². The third kappa shape index (κ3) is 15.7. The lowest BCUT2D eigenvalue weighted by Crippen LogP contribution is -2.36. The number of nitrogens with one attached hydrogen (secondary N) is 2. The maximum absolute atomic E-state index is 10.8. The van der Waals surface area contributed by atoms with Gasteiger partial charge >= 0.3 is 0 Å². The Hall–Kier alpha value is -0.250. The Labute approximate surface area is 115 Å². The van der Waals surface area contributed by atoms with Crippen LogP contribution in [0.5, 0.6) is 0 Å². The minimum Gasteiger partial charge on any atom is -0.389 e. The van der Waals surface area contributed by atoms with Crippen LogP contribution in [-0.2, 0) is 19.5 Å². The summed E-state index contributed by atoms with van der Waals surface area (Å²) in [5.41, 5.74) is 0. The second kappa shape index (κ2) is 10.5. The smallest absolute Gasteiger partial charge is 0.208 e. The average molecular weight is 298 g/mol. The standard InChI is InChI=1S/C11H26N2O5S/c1-10(2)18-7-6-17-9-11(14)8-12-4-5-13-19(3,15)16/h10-14H,4-9H2,1-3H3. The van der Waals surface area contributed by atoms with Gasteiger partial charge in [-0.15, -0.1) is 0 Å². The molecule has 3 N–H and O–H groups in total. The molecule has 0 aromatic heterocycles. The fourth-order valence-corrected chi connectivity index (χ4v) is 1.69. The van der Waals surface area contributed by atoms with Gasteiger partial charge in [0.2, 0.25) is 10.0 Å². The zero-order chi connectivity index (χ0) is 14.7. The first-order chi connectivity index (χ1) is 8.81. The average Bonchev–Trinajstić information content (AvgIpc) is 2.26. The normalized spacial score (nSPS) is 13.9. The summed E-state index contributed by atoms with van der Waals surface area (Å²) in [5, 5.41) is 12.5. The second-order valence-corrected chi connectivity index (χ2v) is 6.35. The first kappa shape index (κ1) is 18.8. The zero-order valence-electron chi connectivity index (χ0n) is 11.9. The molecule has 0 rings (SSSR count). The van der Waals surface area contributed by atoms with E-state index in [0.717, 1.165) is 6.26 Å². The van der Waals surface area contributed by atoms with E-state index in [4.69, 9.17) is 9.47 Å². The highest BCUT2D eigenvalue weighted by atomic mass is 32.2. The molecule has 1 atom stereocenters. The molecule has 8 heteroatoms. The molecule has 0 amide bonds. The topological polar surface area (TPSA) is 96.9 Å². The summed E-state index contributed by atoms with van der Waals surface area (Å²) in [6.07, 6.45) is 0.671. The number of aliphatic hydroxyl groups is 1. The summed E-state index contributed by atoms with van der Waals surface area (Å²) >= 11 is 0. The molecule has 0 aromatic carbocycles. The molecule has 19 heavy (non-hydrogen) atoms. The second-order valence-electron chi connectivity index (χ2n) is 4.52. The van der Waals surface area contributed by atoms with Crippen molar-refractivity contribution in [3.05, 3.63) is 0 Å². The van der Waals surface area contributed by atoms with E-state index in [1.165, 1.54) is 0 Å². The summed E-state index contributed by atoms with van der Waals surface area (Å²) in [5.74, 6) is 0. The Morgan fingerprint density at radius 2 is 1.89 bits per heavy atom. The molecule has 0 saturated heterocycles. The van der Waals surface area contributed by atoms with Gasteiger partial charge in [0.25, 0.3) is 0 Å². The molecule has 0 heterocycles. The van der Waals surface area contributed by atoms with Crippen LogP contribution in [0.25, 0.3) is 0 Å². The largest absolute Gasteiger partial charge is 0.389 e. The van der Waals surface area contributed by atoms with Crippen molar-refractivity contribution in [1.82, 2.24) is 10.0 Å². The predicted octanol–water partition coefficient (Wildman–Crippen LogP) is -1.07. The van der Waals surface area contributed by atoms with E-state index >= 15 is 0 Å². The van der Waals surface area contributed by atoms with E-state index in [1.807, 2.05) is 13.8 Å². The molecule has 0 aliphatic carbocycles. The maximum Gasteiger partial charge on any atom is 0.208 e. The lowest BCUT2D eigenvalue weighted by atomic mass is 10.4. The van der Waals surface area contributed by atoms with Gasteiger partial charge in [0, 0.05) is 19.6 Å². The highest BCUT2D eigenvalue weighted by Crippen LogP contribution is 1.89. The fourth-order valence-electron chi connectivity index (χ4n) is 1.21. The van der Waals surface area contributed by atoms with E-state index in [-0.39, 0.29) is 12.7 Å². The zero-order valence-corrected chi connectivity index (χ0v) is 12.7. The molecule has 0 aliphatic heterocycles. The van der Waals surface area contributed by atoms with Crippen molar-refractivity contribution in [1.29, 1.82) is 0 Å². The number of aliphatic hydroxyl groups excluding tert-OH is 1. The van der Waals surface area contributed by atoms with Crippen molar-refractivity contribution < 1.29 is 23.0 Å². The summed E-state index contributed by atoms with van der Waals surface area (Å²) in [6, 6.07) is 0. The Morgan fingerprint density at radius 1 is 1.21 bits per heavy atom. The van der Waals surface area contributed by atoms with E-state index in [2.05, 4.69) is 10.0 Å². The molecule has 0 spiro atoms. The van der Waals surface area contributed by atoms with Crippen LogP contribution in [0.4, 0.5) is 0 Å². The minimum absolute atomic E-state index is 0.178. The maximum atomic E-state index is 10.8. The Morgan fingerprint density at radius 3 is 2.47 bits per heavy atom. The van der Waals surface area contributed by atoms with E-state index < -0.39 is 16.1 Å². The SMILES string of the molecule is CC(C)OCCOCC(O)CNCCNS(C)(=O)=O. The molecule has 0 fully saturated rings. The predicted molar refractivity (Wildman–Crippen MR) is 73.6 cm³/mol. The third-order valence-electron chi connectivity index (χ3n) is 2.04. The van der Waals surface area contributed by atoms with Gasteiger partial charge in [0.15, 0.2) is 0 Å². The van der Waals surface area contributed by atoms with Crippen LogP contribution < -0.4 is 10.0 Å². The van der Waals surface area contributed by atoms with Crippen LogP contribution in [0, 0.1) is 0 Å². The fraction of sp³-hybridized carbons (Fsp3) is 1.00. The third-order valence-corrected chi connectivity index (χ3v) is 2.76. The number of sulfonamides is 1. The van der Waals surface area contributed by atoms with Crippen LogP contribution in [0.3, 0.4) is 0 Å². The first-order valence-electron chi connectivity index (χ1n) is 6.34. The molecule has 0 bridgehead atoms. The number of rotatable bonds is 12. The van der Waals surface area contributed by atoms with Crippen LogP contribution >= 0.6 is 0 Å². The molecule has 7 nitrogen and oxygen atoms in total.